The van der Waals surface area contributed by atoms with E-state index in [9.17, 15) is 15.0 Å². The molecule has 2 aromatic rings. The third-order valence-corrected chi connectivity index (χ3v) is 4.84. The van der Waals surface area contributed by atoms with Crippen LogP contribution in [-0.4, -0.2) is 50.8 Å². The molecule has 0 radical (unpaired) electrons. The fraction of sp³-hybridized carbons (Fsp3) is 0.471. The molecule has 0 aliphatic carbocycles. The summed E-state index contributed by atoms with van der Waals surface area (Å²) in [5.74, 6) is -0.102. The summed E-state index contributed by atoms with van der Waals surface area (Å²) in [6.45, 7) is 6.27. The first-order chi connectivity index (χ1) is 10.3. The van der Waals surface area contributed by atoms with Gasteiger partial charge in [-0.3, -0.25) is 4.79 Å². The molecular weight excluding hydrogens is 280 g/mol. The Morgan fingerprint density at radius 3 is 2.82 bits per heavy atom. The van der Waals surface area contributed by atoms with E-state index in [1.807, 2.05) is 26.0 Å². The Bertz CT molecular complexity index is 733. The van der Waals surface area contributed by atoms with Crippen molar-refractivity contribution in [2.45, 2.75) is 38.9 Å². The van der Waals surface area contributed by atoms with Crippen LogP contribution in [-0.2, 0) is 0 Å². The summed E-state index contributed by atoms with van der Waals surface area (Å²) in [5, 5.41) is 21.0. The lowest BCUT2D eigenvalue weighted by molar-refractivity contribution is -0.0999. The van der Waals surface area contributed by atoms with Crippen molar-refractivity contribution in [3.8, 4) is 0 Å². The number of fused-ring (bicyclic) bond motifs is 1. The van der Waals surface area contributed by atoms with Crippen molar-refractivity contribution in [2.75, 3.05) is 13.1 Å². The van der Waals surface area contributed by atoms with Gasteiger partial charge in [0.25, 0.3) is 5.91 Å². The molecule has 1 aromatic carbocycles. The quantitative estimate of drug-likeness (QED) is 0.751. The molecule has 2 heterocycles. The lowest BCUT2D eigenvalue weighted by Crippen LogP contribution is -2.55. The molecule has 0 spiro atoms. The number of hydrogen-bond donors (Lipinski definition) is 3. The monoisotopic (exact) mass is 302 g/mol. The van der Waals surface area contributed by atoms with E-state index in [1.165, 1.54) is 0 Å². The molecule has 3 N–H and O–H groups in total. The maximum atomic E-state index is 12.6. The Labute approximate surface area is 129 Å². The minimum atomic E-state index is -1.12. The second-order valence-corrected chi connectivity index (χ2v) is 6.51. The normalized spacial score (nSPS) is 25.7. The van der Waals surface area contributed by atoms with Crippen LogP contribution in [0.4, 0.5) is 0 Å². The number of carbonyl (C=O) groups excluding carboxylic acids is 1. The number of carbonyl (C=O) groups is 1. The van der Waals surface area contributed by atoms with Crippen LogP contribution in [0.1, 0.15) is 35.0 Å². The summed E-state index contributed by atoms with van der Waals surface area (Å²) in [4.78, 5) is 17.5. The van der Waals surface area contributed by atoms with Gasteiger partial charge in [0.1, 0.15) is 0 Å². The zero-order valence-corrected chi connectivity index (χ0v) is 13.2. The SMILES string of the molecule is Cc1[nH]c2ccc(C(=O)N3CC[C@@](C)(O)[C@@H](O)C3)cc2c1C. The standard InChI is InChI=1S/C17H22N2O3/c1-10-11(2)18-14-5-4-12(8-13(10)14)16(21)19-7-6-17(3,22)15(20)9-19/h4-5,8,15,18,20,22H,6-7,9H2,1-3H3/t15-,17+/m0/s1. The number of benzene rings is 1. The molecule has 1 saturated heterocycles. The van der Waals surface area contributed by atoms with E-state index < -0.39 is 11.7 Å². The number of likely N-dealkylation sites (tertiary alicyclic amines) is 1. The number of hydrogen-bond acceptors (Lipinski definition) is 3. The van der Waals surface area contributed by atoms with E-state index in [-0.39, 0.29) is 12.5 Å². The summed E-state index contributed by atoms with van der Waals surface area (Å²) in [5.41, 5.74) is 2.77. The summed E-state index contributed by atoms with van der Waals surface area (Å²) < 4.78 is 0. The molecule has 3 rings (SSSR count). The molecule has 0 saturated carbocycles. The Hall–Kier alpha value is -1.85. The first-order valence-corrected chi connectivity index (χ1v) is 7.58. The number of aliphatic hydroxyl groups excluding tert-OH is 1. The summed E-state index contributed by atoms with van der Waals surface area (Å²) in [6.07, 6.45) is -0.532. The number of nitrogens with zero attached hydrogens (tertiary/aromatic N) is 1. The number of piperidine rings is 1. The molecular formula is C17H22N2O3. The number of aryl methyl sites for hydroxylation is 2. The van der Waals surface area contributed by atoms with E-state index >= 15 is 0 Å². The minimum absolute atomic E-state index is 0.102. The van der Waals surface area contributed by atoms with Gasteiger partial charge in [-0.05, 0) is 51.0 Å². The van der Waals surface area contributed by atoms with Crippen molar-refractivity contribution in [3.05, 3.63) is 35.0 Å². The van der Waals surface area contributed by atoms with E-state index in [4.69, 9.17) is 0 Å². The zero-order valence-electron chi connectivity index (χ0n) is 13.2. The number of amides is 1. The fourth-order valence-electron chi connectivity index (χ4n) is 2.99. The smallest absolute Gasteiger partial charge is 0.253 e. The largest absolute Gasteiger partial charge is 0.388 e. The van der Waals surface area contributed by atoms with Crippen LogP contribution in [0.5, 0.6) is 0 Å². The van der Waals surface area contributed by atoms with Crippen molar-refractivity contribution in [2.24, 2.45) is 0 Å². The highest BCUT2D eigenvalue weighted by molar-refractivity contribution is 5.99. The van der Waals surface area contributed by atoms with Gasteiger partial charge in [0, 0.05) is 35.2 Å². The summed E-state index contributed by atoms with van der Waals surface area (Å²) in [6, 6.07) is 5.62. The topological polar surface area (TPSA) is 76.6 Å². The highest BCUT2D eigenvalue weighted by atomic mass is 16.3. The van der Waals surface area contributed by atoms with Crippen molar-refractivity contribution in [3.63, 3.8) is 0 Å². The van der Waals surface area contributed by atoms with Gasteiger partial charge in [0.15, 0.2) is 0 Å². The van der Waals surface area contributed by atoms with Crippen LogP contribution in [0, 0.1) is 13.8 Å². The molecule has 22 heavy (non-hydrogen) atoms. The molecule has 1 fully saturated rings. The minimum Gasteiger partial charge on any atom is -0.388 e. The molecule has 2 atom stereocenters. The van der Waals surface area contributed by atoms with E-state index in [2.05, 4.69) is 4.98 Å². The molecule has 1 aromatic heterocycles. The first kappa shape index (κ1) is 15.1. The van der Waals surface area contributed by atoms with Crippen LogP contribution in [0.2, 0.25) is 0 Å². The predicted octanol–water partition coefficient (Wildman–Crippen LogP) is 1.74. The molecule has 1 aliphatic rings. The van der Waals surface area contributed by atoms with Gasteiger partial charge in [-0.1, -0.05) is 0 Å². The highest BCUT2D eigenvalue weighted by Crippen LogP contribution is 2.26. The Balaban J connectivity index is 1.88. The maximum Gasteiger partial charge on any atom is 0.253 e. The Kier molecular flexibility index (Phi) is 3.50. The Morgan fingerprint density at radius 2 is 2.14 bits per heavy atom. The number of H-pyrrole nitrogens is 1. The van der Waals surface area contributed by atoms with Crippen LogP contribution >= 0.6 is 0 Å². The Morgan fingerprint density at radius 1 is 1.41 bits per heavy atom. The zero-order chi connectivity index (χ0) is 16.1. The van der Waals surface area contributed by atoms with Gasteiger partial charge in [-0.15, -0.1) is 0 Å². The van der Waals surface area contributed by atoms with Crippen molar-refractivity contribution >= 4 is 16.8 Å². The van der Waals surface area contributed by atoms with Crippen molar-refractivity contribution in [1.82, 2.24) is 9.88 Å². The van der Waals surface area contributed by atoms with Gasteiger partial charge >= 0.3 is 0 Å². The number of aromatic nitrogens is 1. The lowest BCUT2D eigenvalue weighted by atomic mass is 9.90. The first-order valence-electron chi connectivity index (χ1n) is 7.58. The maximum absolute atomic E-state index is 12.6. The van der Waals surface area contributed by atoms with Crippen LogP contribution in [0.3, 0.4) is 0 Å². The third kappa shape index (κ3) is 2.40. The number of β-amino-alcohol motifs (C(OH)–C–C–N with tert-alkyl or cyclic N) is 1. The van der Waals surface area contributed by atoms with Gasteiger partial charge < -0.3 is 20.1 Å². The predicted molar refractivity (Wildman–Crippen MR) is 84.9 cm³/mol. The van der Waals surface area contributed by atoms with Gasteiger partial charge in [-0.25, -0.2) is 0 Å². The van der Waals surface area contributed by atoms with Crippen LogP contribution in [0.25, 0.3) is 10.9 Å². The van der Waals surface area contributed by atoms with Crippen molar-refractivity contribution in [1.29, 1.82) is 0 Å². The number of aliphatic hydroxyl groups is 2. The number of rotatable bonds is 1. The van der Waals surface area contributed by atoms with E-state index in [1.54, 1.807) is 17.9 Å². The molecule has 1 amide bonds. The van der Waals surface area contributed by atoms with Gasteiger partial charge in [-0.2, -0.15) is 0 Å². The average Bonchev–Trinajstić information content (AvgIpc) is 2.76. The second kappa shape index (κ2) is 5.11. The molecule has 1 aliphatic heterocycles. The molecule has 118 valence electrons. The number of nitrogens with one attached hydrogen (secondary N) is 1. The van der Waals surface area contributed by atoms with Crippen LogP contribution < -0.4 is 0 Å². The molecule has 5 nitrogen and oxygen atoms in total. The number of aromatic amines is 1. The van der Waals surface area contributed by atoms with Gasteiger partial charge in [0.2, 0.25) is 0 Å². The lowest BCUT2D eigenvalue weighted by Gasteiger charge is -2.39. The van der Waals surface area contributed by atoms with Gasteiger partial charge in [0.05, 0.1) is 11.7 Å². The van der Waals surface area contributed by atoms with Crippen LogP contribution in [0.15, 0.2) is 18.2 Å². The molecule has 5 heteroatoms. The molecule has 0 bridgehead atoms. The van der Waals surface area contributed by atoms with E-state index in [0.717, 1.165) is 22.2 Å². The average molecular weight is 302 g/mol. The molecule has 0 unspecified atom stereocenters. The summed E-state index contributed by atoms with van der Waals surface area (Å²) >= 11 is 0. The van der Waals surface area contributed by atoms with Crippen molar-refractivity contribution < 1.29 is 15.0 Å². The second-order valence-electron chi connectivity index (χ2n) is 6.51. The third-order valence-electron chi connectivity index (χ3n) is 4.84. The summed E-state index contributed by atoms with van der Waals surface area (Å²) in [7, 11) is 0. The van der Waals surface area contributed by atoms with E-state index in [0.29, 0.717) is 18.5 Å². The highest BCUT2D eigenvalue weighted by Gasteiger charge is 2.38. The fourth-order valence-corrected chi connectivity index (χ4v) is 2.99.